The summed E-state index contributed by atoms with van der Waals surface area (Å²) in [4.78, 5) is 0. The molecule has 0 aliphatic carbocycles. The van der Waals surface area contributed by atoms with Gasteiger partial charge in [0.2, 0.25) is 0 Å². The summed E-state index contributed by atoms with van der Waals surface area (Å²) >= 11 is 0. The molecule has 0 atom stereocenters. The number of halogens is 2. The van der Waals surface area contributed by atoms with Crippen LogP contribution in [0.25, 0.3) is 0 Å². The smallest absolute Gasteiger partial charge is 0.271 e. The van der Waals surface area contributed by atoms with Crippen LogP contribution in [0.2, 0.25) is 0 Å². The van der Waals surface area contributed by atoms with Gasteiger partial charge in [-0.25, -0.2) is 8.78 Å². The van der Waals surface area contributed by atoms with Crippen LogP contribution in [0.5, 0.6) is 0 Å². The van der Waals surface area contributed by atoms with E-state index in [2.05, 4.69) is 12.2 Å². The lowest BCUT2D eigenvalue weighted by Crippen LogP contribution is -2.41. The Kier molecular flexibility index (Phi) is 7.07. The van der Waals surface area contributed by atoms with Crippen LogP contribution < -0.4 is 5.32 Å². The number of unbranched alkanes of at least 4 members (excludes halogenated alkanes) is 2. The van der Waals surface area contributed by atoms with Gasteiger partial charge in [0.15, 0.2) is 0 Å². The minimum absolute atomic E-state index is 0.0965. The van der Waals surface area contributed by atoms with E-state index in [9.17, 15) is 8.78 Å². The van der Waals surface area contributed by atoms with E-state index in [0.717, 1.165) is 12.8 Å². The molecule has 0 fully saturated rings. The molecule has 0 aromatic carbocycles. The molecule has 0 spiro atoms. The molecule has 0 aliphatic rings. The van der Waals surface area contributed by atoms with E-state index in [-0.39, 0.29) is 18.5 Å². The normalized spacial score (nSPS) is 13.1. The quantitative estimate of drug-likeness (QED) is 0.604. The van der Waals surface area contributed by atoms with Crippen LogP contribution in [-0.4, -0.2) is 29.7 Å². The van der Waals surface area contributed by atoms with Gasteiger partial charge in [-0.05, 0) is 20.3 Å². The van der Waals surface area contributed by atoms with Crippen molar-refractivity contribution in [3.05, 3.63) is 0 Å². The molecule has 2 N–H and O–H groups in total. The fourth-order valence-electron chi connectivity index (χ4n) is 1.57. The summed E-state index contributed by atoms with van der Waals surface area (Å²) in [6.45, 7) is 5.37. The van der Waals surface area contributed by atoms with Crippen molar-refractivity contribution in [2.75, 3.05) is 13.2 Å². The second-order valence-electron chi connectivity index (χ2n) is 5.03. The average Bonchev–Trinajstić information content (AvgIpc) is 2.17. The van der Waals surface area contributed by atoms with Gasteiger partial charge in [0, 0.05) is 18.5 Å². The molecule has 0 bridgehead atoms. The third-order valence-electron chi connectivity index (χ3n) is 2.73. The number of alkyl halides is 2. The van der Waals surface area contributed by atoms with Crippen LogP contribution in [0, 0.1) is 0 Å². The Labute approximate surface area is 97.4 Å². The summed E-state index contributed by atoms with van der Waals surface area (Å²) in [5.41, 5.74) is -0.0965. The zero-order chi connectivity index (χ0) is 12.7. The third kappa shape index (κ3) is 7.99. The number of aliphatic hydroxyl groups is 1. The van der Waals surface area contributed by atoms with Gasteiger partial charge in [-0.15, -0.1) is 0 Å². The highest BCUT2D eigenvalue weighted by atomic mass is 19.3. The topological polar surface area (TPSA) is 32.3 Å². The van der Waals surface area contributed by atoms with Crippen LogP contribution in [0.15, 0.2) is 0 Å². The van der Waals surface area contributed by atoms with Crippen molar-refractivity contribution in [2.45, 2.75) is 64.3 Å². The van der Waals surface area contributed by atoms with Gasteiger partial charge in [0.25, 0.3) is 5.92 Å². The van der Waals surface area contributed by atoms with Crippen LogP contribution >= 0.6 is 0 Å². The maximum Gasteiger partial charge on any atom is 0.271 e. The van der Waals surface area contributed by atoms with E-state index < -0.39 is 12.5 Å². The maximum absolute atomic E-state index is 12.7. The first kappa shape index (κ1) is 15.8. The Bertz CT molecular complexity index is 184. The highest BCUT2D eigenvalue weighted by molar-refractivity contribution is 4.78. The molecule has 0 heterocycles. The fourth-order valence-corrected chi connectivity index (χ4v) is 1.57. The molecular weight excluding hydrogens is 212 g/mol. The zero-order valence-electron chi connectivity index (χ0n) is 10.7. The lowest BCUT2D eigenvalue weighted by molar-refractivity contribution is -0.0564. The van der Waals surface area contributed by atoms with E-state index in [1.807, 2.05) is 13.8 Å². The van der Waals surface area contributed by atoms with Crippen molar-refractivity contribution < 1.29 is 13.9 Å². The molecule has 0 aliphatic heterocycles. The first-order valence-corrected chi connectivity index (χ1v) is 6.07. The standard InChI is InChI=1S/C12H25F2NO/c1-4-5-6-7-11(2,3)15-9-8-12(13,14)10-16/h15-16H,4-10H2,1-3H3. The molecule has 16 heavy (non-hydrogen) atoms. The van der Waals surface area contributed by atoms with Crippen molar-refractivity contribution in [3.63, 3.8) is 0 Å². The van der Waals surface area contributed by atoms with Crippen molar-refractivity contribution in [1.29, 1.82) is 0 Å². The highest BCUT2D eigenvalue weighted by Gasteiger charge is 2.28. The largest absolute Gasteiger partial charge is 0.390 e. The fraction of sp³-hybridized carbons (Fsp3) is 1.00. The van der Waals surface area contributed by atoms with E-state index in [0.29, 0.717) is 0 Å². The monoisotopic (exact) mass is 237 g/mol. The molecule has 0 radical (unpaired) electrons. The summed E-state index contributed by atoms with van der Waals surface area (Å²) < 4.78 is 25.5. The molecule has 0 aromatic rings. The molecule has 0 unspecified atom stereocenters. The lowest BCUT2D eigenvalue weighted by Gasteiger charge is -2.27. The van der Waals surface area contributed by atoms with Crippen LogP contribution in [0.3, 0.4) is 0 Å². The van der Waals surface area contributed by atoms with Crippen molar-refractivity contribution >= 4 is 0 Å². The number of hydrogen-bond donors (Lipinski definition) is 2. The van der Waals surface area contributed by atoms with E-state index in [1.54, 1.807) is 0 Å². The predicted molar refractivity (Wildman–Crippen MR) is 62.9 cm³/mol. The molecule has 0 saturated carbocycles. The molecule has 0 rings (SSSR count). The second kappa shape index (κ2) is 7.17. The van der Waals surface area contributed by atoms with Crippen LogP contribution in [0.1, 0.15) is 52.9 Å². The van der Waals surface area contributed by atoms with Crippen LogP contribution in [-0.2, 0) is 0 Å². The first-order chi connectivity index (χ1) is 7.33. The first-order valence-electron chi connectivity index (χ1n) is 6.07. The van der Waals surface area contributed by atoms with Gasteiger partial charge in [0.1, 0.15) is 6.61 Å². The molecular formula is C12H25F2NO. The van der Waals surface area contributed by atoms with Gasteiger partial charge in [-0.2, -0.15) is 0 Å². The van der Waals surface area contributed by atoms with E-state index in [4.69, 9.17) is 5.11 Å². The van der Waals surface area contributed by atoms with Gasteiger partial charge in [-0.1, -0.05) is 26.2 Å². The Morgan fingerprint density at radius 1 is 1.12 bits per heavy atom. The summed E-state index contributed by atoms with van der Waals surface area (Å²) in [7, 11) is 0. The van der Waals surface area contributed by atoms with E-state index in [1.165, 1.54) is 12.8 Å². The highest BCUT2D eigenvalue weighted by Crippen LogP contribution is 2.18. The van der Waals surface area contributed by atoms with Gasteiger partial charge < -0.3 is 10.4 Å². The van der Waals surface area contributed by atoms with Crippen molar-refractivity contribution in [2.24, 2.45) is 0 Å². The number of aliphatic hydroxyl groups excluding tert-OH is 1. The summed E-state index contributed by atoms with van der Waals surface area (Å²) in [6, 6.07) is 0. The SMILES string of the molecule is CCCCCC(C)(C)NCCC(F)(F)CO. The Morgan fingerprint density at radius 2 is 1.75 bits per heavy atom. The average molecular weight is 237 g/mol. The second-order valence-corrected chi connectivity index (χ2v) is 5.03. The molecule has 0 saturated heterocycles. The number of rotatable bonds is 9. The Balaban J connectivity index is 3.73. The summed E-state index contributed by atoms with van der Waals surface area (Å²) in [5, 5.41) is 11.5. The number of hydrogen-bond acceptors (Lipinski definition) is 2. The summed E-state index contributed by atoms with van der Waals surface area (Å²) in [6.07, 6.45) is 4.15. The maximum atomic E-state index is 12.7. The van der Waals surface area contributed by atoms with Crippen LogP contribution in [0.4, 0.5) is 8.78 Å². The molecule has 0 aromatic heterocycles. The minimum Gasteiger partial charge on any atom is -0.390 e. The Hall–Kier alpha value is -0.220. The van der Waals surface area contributed by atoms with Gasteiger partial charge >= 0.3 is 0 Å². The van der Waals surface area contributed by atoms with Crippen molar-refractivity contribution in [1.82, 2.24) is 5.32 Å². The molecule has 2 nitrogen and oxygen atoms in total. The molecule has 4 heteroatoms. The lowest BCUT2D eigenvalue weighted by atomic mass is 9.96. The predicted octanol–water partition coefficient (Wildman–Crippen LogP) is 2.95. The Morgan fingerprint density at radius 3 is 2.25 bits per heavy atom. The molecule has 98 valence electrons. The van der Waals surface area contributed by atoms with Gasteiger partial charge in [0.05, 0.1) is 0 Å². The van der Waals surface area contributed by atoms with E-state index >= 15 is 0 Å². The summed E-state index contributed by atoms with van der Waals surface area (Å²) in [5.74, 6) is -2.95. The molecule has 0 amide bonds. The van der Waals surface area contributed by atoms with Gasteiger partial charge in [-0.3, -0.25) is 0 Å². The van der Waals surface area contributed by atoms with Crippen molar-refractivity contribution in [3.8, 4) is 0 Å². The number of nitrogens with one attached hydrogen (secondary N) is 1. The minimum atomic E-state index is -2.95. The zero-order valence-corrected chi connectivity index (χ0v) is 10.7. The third-order valence-corrected chi connectivity index (χ3v) is 2.73.